The maximum Gasteiger partial charge on any atom is 0.132 e. The van der Waals surface area contributed by atoms with Crippen molar-refractivity contribution in [3.05, 3.63) is 0 Å². The molecule has 3 nitrogen and oxygen atoms in total. The molecule has 0 aromatic heterocycles. The number of carbonyl (C=O) groups excluding carboxylic acids is 1. The fourth-order valence-corrected chi connectivity index (χ4v) is 2.46. The van der Waals surface area contributed by atoms with E-state index in [0.717, 1.165) is 0 Å². The van der Waals surface area contributed by atoms with Gasteiger partial charge in [-0.3, -0.25) is 9.69 Å². The highest BCUT2D eigenvalue weighted by Crippen LogP contribution is 2.24. The SMILES string of the molecule is CC(=O)CCO[C@@H](C)[C@@H]1CCCN1C(C)C. The predicted molar refractivity (Wildman–Crippen MR) is 65.6 cm³/mol. The molecule has 0 spiro atoms. The van der Waals surface area contributed by atoms with Crippen LogP contribution < -0.4 is 0 Å². The third-order valence-corrected chi connectivity index (χ3v) is 3.38. The van der Waals surface area contributed by atoms with Gasteiger partial charge in [-0.25, -0.2) is 0 Å². The van der Waals surface area contributed by atoms with Crippen LogP contribution in [0.5, 0.6) is 0 Å². The average Bonchev–Trinajstić information content (AvgIpc) is 2.65. The highest BCUT2D eigenvalue weighted by molar-refractivity contribution is 5.75. The molecule has 0 aromatic carbocycles. The second kappa shape index (κ2) is 6.36. The van der Waals surface area contributed by atoms with Crippen molar-refractivity contribution in [1.82, 2.24) is 4.90 Å². The van der Waals surface area contributed by atoms with Crippen molar-refractivity contribution in [2.45, 2.75) is 65.1 Å². The Labute approximate surface area is 99.1 Å². The van der Waals surface area contributed by atoms with Crippen molar-refractivity contribution >= 4 is 5.78 Å². The number of carbonyl (C=O) groups is 1. The molecule has 1 fully saturated rings. The number of hydrogen-bond acceptors (Lipinski definition) is 3. The second-order valence-corrected chi connectivity index (χ2v) is 5.07. The van der Waals surface area contributed by atoms with E-state index in [1.54, 1.807) is 6.92 Å². The van der Waals surface area contributed by atoms with E-state index in [0.29, 0.717) is 25.1 Å². The van der Waals surface area contributed by atoms with Crippen molar-refractivity contribution in [2.75, 3.05) is 13.2 Å². The van der Waals surface area contributed by atoms with Crippen LogP contribution in [0.4, 0.5) is 0 Å². The number of Topliss-reactive ketones (excluding diaryl/α,β-unsaturated/α-hetero) is 1. The highest BCUT2D eigenvalue weighted by Gasteiger charge is 2.31. The molecule has 16 heavy (non-hydrogen) atoms. The van der Waals surface area contributed by atoms with Gasteiger partial charge < -0.3 is 4.74 Å². The van der Waals surface area contributed by atoms with Gasteiger partial charge in [-0.15, -0.1) is 0 Å². The smallest absolute Gasteiger partial charge is 0.132 e. The van der Waals surface area contributed by atoms with Crippen molar-refractivity contribution in [3.8, 4) is 0 Å². The Morgan fingerprint density at radius 1 is 1.44 bits per heavy atom. The largest absolute Gasteiger partial charge is 0.376 e. The van der Waals surface area contributed by atoms with Crippen molar-refractivity contribution < 1.29 is 9.53 Å². The van der Waals surface area contributed by atoms with Crippen LogP contribution in [0.25, 0.3) is 0 Å². The van der Waals surface area contributed by atoms with Crippen LogP contribution in [0.1, 0.15) is 47.0 Å². The van der Waals surface area contributed by atoms with E-state index in [1.807, 2.05) is 0 Å². The molecule has 0 N–H and O–H groups in total. The lowest BCUT2D eigenvalue weighted by molar-refractivity contribution is -0.118. The van der Waals surface area contributed by atoms with E-state index >= 15 is 0 Å². The summed E-state index contributed by atoms with van der Waals surface area (Å²) in [6, 6.07) is 1.12. The van der Waals surface area contributed by atoms with Gasteiger partial charge in [0.1, 0.15) is 5.78 Å². The molecule has 1 aliphatic rings. The Morgan fingerprint density at radius 2 is 2.12 bits per heavy atom. The van der Waals surface area contributed by atoms with Crippen LogP contribution >= 0.6 is 0 Å². The number of ketones is 1. The fourth-order valence-electron chi connectivity index (χ4n) is 2.46. The summed E-state index contributed by atoms with van der Waals surface area (Å²) in [7, 11) is 0. The van der Waals surface area contributed by atoms with Gasteiger partial charge in [0.05, 0.1) is 12.7 Å². The predicted octanol–water partition coefficient (Wildman–Crippen LogP) is 2.24. The molecule has 1 rings (SSSR count). The normalized spacial score (nSPS) is 23.9. The van der Waals surface area contributed by atoms with Gasteiger partial charge in [-0.1, -0.05) is 0 Å². The summed E-state index contributed by atoms with van der Waals surface area (Å²) in [5, 5.41) is 0. The van der Waals surface area contributed by atoms with Gasteiger partial charge in [-0.05, 0) is 47.1 Å². The van der Waals surface area contributed by atoms with Crippen LogP contribution in [0.2, 0.25) is 0 Å². The average molecular weight is 227 g/mol. The van der Waals surface area contributed by atoms with Crippen LogP contribution in [0.3, 0.4) is 0 Å². The Bertz CT molecular complexity index is 228. The van der Waals surface area contributed by atoms with Gasteiger partial charge in [-0.2, -0.15) is 0 Å². The summed E-state index contributed by atoms with van der Waals surface area (Å²) in [6.07, 6.45) is 3.27. The standard InChI is InChI=1S/C13H25NO2/c1-10(2)14-8-5-6-13(14)12(4)16-9-7-11(3)15/h10,12-13H,5-9H2,1-4H3/t12-,13-/m0/s1. The first-order valence-corrected chi connectivity index (χ1v) is 6.39. The second-order valence-electron chi connectivity index (χ2n) is 5.07. The number of likely N-dealkylation sites (tertiary alicyclic amines) is 1. The van der Waals surface area contributed by atoms with Crippen LogP contribution in [-0.2, 0) is 9.53 Å². The minimum atomic E-state index is 0.208. The maximum atomic E-state index is 10.8. The molecule has 1 aliphatic heterocycles. The molecule has 0 radical (unpaired) electrons. The van der Waals surface area contributed by atoms with E-state index in [1.165, 1.54) is 19.4 Å². The van der Waals surface area contributed by atoms with Gasteiger partial charge in [0.25, 0.3) is 0 Å². The van der Waals surface area contributed by atoms with Gasteiger partial charge in [0.15, 0.2) is 0 Å². The van der Waals surface area contributed by atoms with Gasteiger partial charge in [0, 0.05) is 18.5 Å². The first kappa shape index (κ1) is 13.7. The summed E-state index contributed by atoms with van der Waals surface area (Å²) in [6.45, 7) is 9.97. The molecular weight excluding hydrogens is 202 g/mol. The molecule has 0 bridgehead atoms. The zero-order valence-electron chi connectivity index (χ0n) is 11.0. The molecule has 0 aliphatic carbocycles. The van der Waals surface area contributed by atoms with Crippen LogP contribution in [0.15, 0.2) is 0 Å². The molecule has 0 aromatic rings. The van der Waals surface area contributed by atoms with E-state index in [-0.39, 0.29) is 11.9 Å². The Kier molecular flexibility index (Phi) is 5.42. The van der Waals surface area contributed by atoms with E-state index in [9.17, 15) is 4.79 Å². The van der Waals surface area contributed by atoms with E-state index < -0.39 is 0 Å². The summed E-state index contributed by atoms with van der Waals surface area (Å²) >= 11 is 0. The molecule has 3 heteroatoms. The molecule has 1 saturated heterocycles. The lowest BCUT2D eigenvalue weighted by Crippen LogP contribution is -2.42. The Hall–Kier alpha value is -0.410. The van der Waals surface area contributed by atoms with E-state index in [2.05, 4.69) is 25.7 Å². The number of hydrogen-bond donors (Lipinski definition) is 0. The van der Waals surface area contributed by atoms with Gasteiger partial charge >= 0.3 is 0 Å². The molecular formula is C13H25NO2. The van der Waals surface area contributed by atoms with Crippen LogP contribution in [-0.4, -0.2) is 42.0 Å². The summed E-state index contributed by atoms with van der Waals surface area (Å²) in [5.41, 5.74) is 0. The lowest BCUT2D eigenvalue weighted by atomic mass is 10.1. The minimum absolute atomic E-state index is 0.208. The molecule has 94 valence electrons. The van der Waals surface area contributed by atoms with Crippen molar-refractivity contribution in [3.63, 3.8) is 0 Å². The van der Waals surface area contributed by atoms with Crippen molar-refractivity contribution in [1.29, 1.82) is 0 Å². The fraction of sp³-hybridized carbons (Fsp3) is 0.923. The molecule has 0 amide bonds. The molecule has 2 atom stereocenters. The third kappa shape index (κ3) is 3.87. The minimum Gasteiger partial charge on any atom is -0.376 e. The monoisotopic (exact) mass is 227 g/mol. The Morgan fingerprint density at radius 3 is 2.69 bits per heavy atom. The first-order chi connectivity index (χ1) is 7.52. The zero-order valence-corrected chi connectivity index (χ0v) is 11.0. The van der Waals surface area contributed by atoms with Crippen LogP contribution in [0, 0.1) is 0 Å². The van der Waals surface area contributed by atoms with E-state index in [4.69, 9.17) is 4.74 Å². The highest BCUT2D eigenvalue weighted by atomic mass is 16.5. The number of rotatable bonds is 6. The maximum absolute atomic E-state index is 10.8. The third-order valence-electron chi connectivity index (χ3n) is 3.38. The summed E-state index contributed by atoms with van der Waals surface area (Å²) in [4.78, 5) is 13.3. The lowest BCUT2D eigenvalue weighted by Gasteiger charge is -2.32. The Balaban J connectivity index is 2.34. The quantitative estimate of drug-likeness (QED) is 0.697. The number of ether oxygens (including phenoxy) is 1. The summed E-state index contributed by atoms with van der Waals surface area (Å²) in [5.74, 6) is 0.208. The first-order valence-electron chi connectivity index (χ1n) is 6.39. The molecule has 1 heterocycles. The topological polar surface area (TPSA) is 29.5 Å². The molecule has 0 unspecified atom stereocenters. The summed E-state index contributed by atoms with van der Waals surface area (Å²) < 4.78 is 5.75. The van der Waals surface area contributed by atoms with Crippen molar-refractivity contribution in [2.24, 2.45) is 0 Å². The zero-order chi connectivity index (χ0) is 12.1. The van der Waals surface area contributed by atoms with Gasteiger partial charge in [0.2, 0.25) is 0 Å². The molecule has 0 saturated carbocycles. The number of nitrogens with zero attached hydrogens (tertiary/aromatic N) is 1.